The van der Waals surface area contributed by atoms with Crippen molar-refractivity contribution < 1.29 is 19.5 Å². The summed E-state index contributed by atoms with van der Waals surface area (Å²) in [7, 11) is 0. The van der Waals surface area contributed by atoms with Crippen molar-refractivity contribution in [2.75, 3.05) is 0 Å². The lowest BCUT2D eigenvalue weighted by atomic mass is 9.46. The number of aliphatic hydroxyl groups is 1. The van der Waals surface area contributed by atoms with Crippen LogP contribution in [0.15, 0.2) is 48.6 Å². The van der Waals surface area contributed by atoms with Crippen LogP contribution in [0.25, 0.3) is 0 Å². The van der Waals surface area contributed by atoms with Crippen LogP contribution in [0.3, 0.4) is 0 Å². The highest BCUT2D eigenvalue weighted by Crippen LogP contribution is 2.90. The molecule has 1 aromatic carbocycles. The lowest BCUT2D eigenvalue weighted by Crippen LogP contribution is -2.65. The number of benzene rings is 1. The number of carbonyl (C=O) groups is 3. The third kappa shape index (κ3) is 1.22. The summed E-state index contributed by atoms with van der Waals surface area (Å²) in [5.41, 5.74) is -3.17. The molecule has 5 atom stereocenters. The van der Waals surface area contributed by atoms with Gasteiger partial charge in [0.1, 0.15) is 11.9 Å². The summed E-state index contributed by atoms with van der Waals surface area (Å²) in [5.74, 6) is -1.07. The second-order valence-corrected chi connectivity index (χ2v) is 8.66. The number of halogens is 1. The minimum atomic E-state index is -1.39. The molecule has 5 aliphatic rings. The van der Waals surface area contributed by atoms with E-state index in [4.69, 9.17) is 11.6 Å². The van der Waals surface area contributed by atoms with Crippen molar-refractivity contribution in [1.29, 1.82) is 0 Å². The SMILES string of the molecule is C[C@]12C(=O)[C@@H]3[C@](C)(C(=O)[C@@H]1O)[C@]3(c1ccc(Cl)cc1)C21C=CC(=O)C=C1. The number of hydrogen-bond donors (Lipinski definition) is 1. The van der Waals surface area contributed by atoms with E-state index in [-0.39, 0.29) is 17.3 Å². The van der Waals surface area contributed by atoms with Crippen molar-refractivity contribution in [3.63, 3.8) is 0 Å². The standard InChI is InChI=1S/C21H17ClO4/c1-18-14-15(24)19(2,17(26)16(18)25)20(9-7-13(23)8-10-20)21(14,18)11-3-5-12(22)6-4-11/h3-10,14,17,26H,1-2H3/t14-,17+,18-,19+,21-/m1/s1. The Balaban J connectivity index is 1.89. The van der Waals surface area contributed by atoms with Gasteiger partial charge in [0, 0.05) is 21.8 Å². The summed E-state index contributed by atoms with van der Waals surface area (Å²) in [5, 5.41) is 11.4. The molecule has 6 rings (SSSR count). The lowest BCUT2D eigenvalue weighted by Gasteiger charge is -2.55. The summed E-state index contributed by atoms with van der Waals surface area (Å²) in [6, 6.07) is 7.20. The summed E-state index contributed by atoms with van der Waals surface area (Å²) < 4.78 is 0. The molecule has 132 valence electrons. The number of allylic oxidation sites excluding steroid dienone is 4. The molecule has 1 aromatic rings. The van der Waals surface area contributed by atoms with Gasteiger partial charge < -0.3 is 5.11 Å². The van der Waals surface area contributed by atoms with Gasteiger partial charge in [-0.25, -0.2) is 0 Å². The zero-order chi connectivity index (χ0) is 18.7. The molecule has 4 nitrogen and oxygen atoms in total. The first-order valence-corrected chi connectivity index (χ1v) is 9.02. The maximum absolute atomic E-state index is 13.4. The smallest absolute Gasteiger partial charge is 0.178 e. The maximum Gasteiger partial charge on any atom is 0.178 e. The van der Waals surface area contributed by atoms with E-state index < -0.39 is 33.7 Å². The van der Waals surface area contributed by atoms with Gasteiger partial charge in [-0.1, -0.05) is 42.8 Å². The van der Waals surface area contributed by atoms with Crippen molar-refractivity contribution in [2.45, 2.75) is 25.4 Å². The summed E-state index contributed by atoms with van der Waals surface area (Å²) in [4.78, 5) is 38.3. The Morgan fingerprint density at radius 1 is 0.923 bits per heavy atom. The third-order valence-electron chi connectivity index (χ3n) is 7.66. The monoisotopic (exact) mass is 368 g/mol. The number of ketones is 3. The van der Waals surface area contributed by atoms with Crippen LogP contribution < -0.4 is 0 Å². The van der Waals surface area contributed by atoms with Crippen LogP contribution in [-0.2, 0) is 19.8 Å². The quantitative estimate of drug-likeness (QED) is 0.826. The molecule has 1 N–H and O–H groups in total. The van der Waals surface area contributed by atoms with Crippen molar-refractivity contribution in [1.82, 2.24) is 0 Å². The Morgan fingerprint density at radius 3 is 2.08 bits per heavy atom. The molecule has 5 heteroatoms. The second kappa shape index (κ2) is 4.26. The molecular weight excluding hydrogens is 352 g/mol. The Bertz CT molecular complexity index is 958. The molecule has 4 fully saturated rings. The molecule has 0 saturated heterocycles. The number of aliphatic hydroxyl groups excluding tert-OH is 1. The van der Waals surface area contributed by atoms with Crippen LogP contribution in [-0.4, -0.2) is 28.6 Å². The van der Waals surface area contributed by atoms with Gasteiger partial charge in [0.05, 0.1) is 10.8 Å². The number of fused-ring (bicyclic) bond motifs is 1. The second-order valence-electron chi connectivity index (χ2n) is 8.22. The number of carbonyl (C=O) groups excluding carboxylic acids is 3. The van der Waals surface area contributed by atoms with E-state index in [2.05, 4.69) is 0 Å². The van der Waals surface area contributed by atoms with Crippen molar-refractivity contribution in [2.24, 2.45) is 22.2 Å². The molecule has 5 aliphatic carbocycles. The van der Waals surface area contributed by atoms with Gasteiger partial charge in [0.2, 0.25) is 0 Å². The first kappa shape index (κ1) is 16.2. The molecule has 1 spiro atoms. The van der Waals surface area contributed by atoms with E-state index in [1.54, 1.807) is 38.1 Å². The number of Topliss-reactive ketones (excluding diaryl/α,β-unsaturated/α-hetero) is 2. The molecule has 4 saturated carbocycles. The minimum absolute atomic E-state index is 0.106. The molecule has 0 amide bonds. The topological polar surface area (TPSA) is 71.4 Å². The fraction of sp³-hybridized carbons (Fsp3) is 0.381. The molecule has 4 bridgehead atoms. The molecular formula is C21H17ClO4. The molecule has 26 heavy (non-hydrogen) atoms. The highest BCUT2D eigenvalue weighted by atomic mass is 35.5. The fourth-order valence-electron chi connectivity index (χ4n) is 6.47. The van der Waals surface area contributed by atoms with Gasteiger partial charge in [-0.2, -0.15) is 0 Å². The Hall–Kier alpha value is -2.04. The van der Waals surface area contributed by atoms with Gasteiger partial charge in [-0.15, -0.1) is 0 Å². The predicted molar refractivity (Wildman–Crippen MR) is 94.6 cm³/mol. The first-order chi connectivity index (χ1) is 12.2. The van der Waals surface area contributed by atoms with Gasteiger partial charge >= 0.3 is 0 Å². The Kier molecular flexibility index (Phi) is 2.65. The van der Waals surface area contributed by atoms with Gasteiger partial charge in [0.25, 0.3) is 0 Å². The van der Waals surface area contributed by atoms with Gasteiger partial charge in [-0.3, -0.25) is 14.4 Å². The average molecular weight is 369 g/mol. The van der Waals surface area contributed by atoms with Crippen LogP contribution in [0.1, 0.15) is 19.4 Å². The van der Waals surface area contributed by atoms with Crippen molar-refractivity contribution in [3.8, 4) is 0 Å². The zero-order valence-electron chi connectivity index (χ0n) is 14.3. The van der Waals surface area contributed by atoms with E-state index in [0.717, 1.165) is 5.56 Å². The third-order valence-corrected chi connectivity index (χ3v) is 7.91. The summed E-state index contributed by atoms with van der Waals surface area (Å²) in [6.45, 7) is 3.43. The van der Waals surface area contributed by atoms with Crippen molar-refractivity contribution >= 4 is 29.0 Å². The summed E-state index contributed by atoms with van der Waals surface area (Å²) >= 11 is 6.05. The molecule has 0 unspecified atom stereocenters. The van der Waals surface area contributed by atoms with Gasteiger partial charge in [0.15, 0.2) is 11.6 Å². The summed E-state index contributed by atoms with van der Waals surface area (Å²) in [6.07, 6.45) is 4.99. The zero-order valence-corrected chi connectivity index (χ0v) is 15.1. The minimum Gasteiger partial charge on any atom is -0.384 e. The van der Waals surface area contributed by atoms with E-state index in [1.807, 2.05) is 12.1 Å². The highest BCUT2D eigenvalue weighted by molar-refractivity contribution is 6.30. The highest BCUT2D eigenvalue weighted by Gasteiger charge is 2.98. The van der Waals surface area contributed by atoms with Gasteiger partial charge in [-0.05, 0) is 36.8 Å². The lowest BCUT2D eigenvalue weighted by molar-refractivity contribution is -0.167. The predicted octanol–water partition coefficient (Wildman–Crippen LogP) is 2.43. The maximum atomic E-state index is 13.4. The fourth-order valence-corrected chi connectivity index (χ4v) is 6.59. The Morgan fingerprint density at radius 2 is 1.50 bits per heavy atom. The van der Waals surface area contributed by atoms with E-state index >= 15 is 0 Å². The van der Waals surface area contributed by atoms with Crippen LogP contribution in [0.2, 0.25) is 5.02 Å². The molecule has 0 aliphatic heterocycles. The van der Waals surface area contributed by atoms with Crippen LogP contribution >= 0.6 is 11.6 Å². The van der Waals surface area contributed by atoms with E-state index in [1.165, 1.54) is 12.2 Å². The van der Waals surface area contributed by atoms with Crippen molar-refractivity contribution in [3.05, 3.63) is 59.2 Å². The Labute approximate surface area is 155 Å². The average Bonchev–Trinajstić information content (AvgIpc) is 3.17. The number of rotatable bonds is 1. The molecule has 0 radical (unpaired) electrons. The van der Waals surface area contributed by atoms with Crippen LogP contribution in [0.4, 0.5) is 0 Å². The normalized spacial score (nSPS) is 44.1. The number of hydrogen-bond acceptors (Lipinski definition) is 4. The van der Waals surface area contributed by atoms with E-state index in [0.29, 0.717) is 5.02 Å². The largest absolute Gasteiger partial charge is 0.384 e. The van der Waals surface area contributed by atoms with Crippen LogP contribution in [0, 0.1) is 22.2 Å². The van der Waals surface area contributed by atoms with E-state index in [9.17, 15) is 19.5 Å². The van der Waals surface area contributed by atoms with Crippen LogP contribution in [0.5, 0.6) is 0 Å². The molecule has 0 aromatic heterocycles. The first-order valence-electron chi connectivity index (χ1n) is 8.65. The molecule has 0 heterocycles.